The molecule has 1 aromatic heterocycles. The van der Waals surface area contributed by atoms with E-state index in [0.717, 1.165) is 11.1 Å². The number of aromatic nitrogens is 1. The van der Waals surface area contributed by atoms with E-state index >= 15 is 0 Å². The quantitative estimate of drug-likeness (QED) is 0.580. The molecule has 0 radical (unpaired) electrons. The lowest BCUT2D eigenvalue weighted by atomic mass is 9.84. The summed E-state index contributed by atoms with van der Waals surface area (Å²) in [7, 11) is 2.07. The van der Waals surface area contributed by atoms with Crippen LogP contribution in [0.1, 0.15) is 74.7 Å². The van der Waals surface area contributed by atoms with Gasteiger partial charge >= 0.3 is 0 Å². The second kappa shape index (κ2) is 7.45. The minimum absolute atomic E-state index is 0.128. The maximum Gasteiger partial charge on any atom is 0.159 e. The van der Waals surface area contributed by atoms with Crippen molar-refractivity contribution in [3.8, 4) is 0 Å². The summed E-state index contributed by atoms with van der Waals surface area (Å²) in [6.45, 7) is 5.63. The van der Waals surface area contributed by atoms with Crippen LogP contribution in [-0.2, 0) is 7.05 Å². The minimum atomic E-state index is 0.128. The van der Waals surface area contributed by atoms with Crippen molar-refractivity contribution in [2.75, 3.05) is 0 Å². The highest BCUT2D eigenvalue weighted by atomic mass is 79.9. The number of hydrogen-bond acceptors (Lipinski definition) is 1. The van der Waals surface area contributed by atoms with Crippen LogP contribution in [0.2, 0.25) is 0 Å². The first kappa shape index (κ1) is 17.3. The molecule has 2 nitrogen and oxygen atoms in total. The molecule has 0 N–H and O–H groups in total. The maximum atomic E-state index is 11.6. The molecule has 120 valence electrons. The Bertz CT molecular complexity index is 666. The summed E-state index contributed by atoms with van der Waals surface area (Å²) in [5.41, 5.74) is 3.39. The monoisotopic (exact) mass is 363 g/mol. The van der Waals surface area contributed by atoms with Gasteiger partial charge in [0.15, 0.2) is 5.78 Å². The summed E-state index contributed by atoms with van der Waals surface area (Å²) < 4.78 is 3.35. The average molecular weight is 364 g/mol. The van der Waals surface area contributed by atoms with Gasteiger partial charge in [-0.3, -0.25) is 4.79 Å². The molecule has 1 fully saturated rings. The Morgan fingerprint density at radius 3 is 2.41 bits per heavy atom. The Hall–Kier alpha value is -1.09. The van der Waals surface area contributed by atoms with E-state index < -0.39 is 0 Å². The van der Waals surface area contributed by atoms with Crippen LogP contribution in [0.4, 0.5) is 0 Å². The molecule has 1 saturated carbocycles. The number of carbonyl (C=O) groups is 1. The summed E-state index contributed by atoms with van der Waals surface area (Å²) >= 11 is 3.77. The van der Waals surface area contributed by atoms with Gasteiger partial charge in [0, 0.05) is 23.5 Å². The van der Waals surface area contributed by atoms with Gasteiger partial charge in [-0.15, -0.1) is 0 Å². The maximum absolute atomic E-state index is 11.6. The van der Waals surface area contributed by atoms with E-state index in [2.05, 4.69) is 33.6 Å². The summed E-state index contributed by atoms with van der Waals surface area (Å²) in [6.07, 6.45) is 6.60. The van der Waals surface area contributed by atoms with Gasteiger partial charge in [0.1, 0.15) is 0 Å². The van der Waals surface area contributed by atoms with Crippen LogP contribution < -0.4 is 0 Å². The van der Waals surface area contributed by atoms with Gasteiger partial charge < -0.3 is 4.57 Å². The third-order valence-corrected chi connectivity index (χ3v) is 5.55. The van der Waals surface area contributed by atoms with Crippen molar-refractivity contribution >= 4 is 32.6 Å². The zero-order chi connectivity index (χ0) is 16.3. The second-order valence-corrected chi connectivity index (χ2v) is 6.64. The largest absolute Gasteiger partial charge is 0.338 e. The Morgan fingerprint density at radius 1 is 1.18 bits per heavy atom. The zero-order valence-electron chi connectivity index (χ0n) is 14.1. The van der Waals surface area contributed by atoms with E-state index in [9.17, 15) is 4.79 Å². The van der Waals surface area contributed by atoms with Crippen molar-refractivity contribution in [2.24, 2.45) is 7.05 Å². The molecule has 0 atom stereocenters. The molecule has 1 aromatic carbocycles. The summed E-state index contributed by atoms with van der Waals surface area (Å²) in [5.74, 6) is 0.786. The molecule has 3 heteroatoms. The third-order valence-electron chi connectivity index (χ3n) is 4.59. The van der Waals surface area contributed by atoms with Crippen LogP contribution in [0.15, 0.2) is 22.8 Å². The van der Waals surface area contributed by atoms with Gasteiger partial charge in [-0.05, 0) is 53.2 Å². The van der Waals surface area contributed by atoms with Crippen molar-refractivity contribution in [3.63, 3.8) is 0 Å². The molecular weight excluding hydrogens is 338 g/mol. The summed E-state index contributed by atoms with van der Waals surface area (Å²) in [5, 5.41) is 1.30. The first-order valence-electron chi connectivity index (χ1n) is 8.38. The fourth-order valence-corrected chi connectivity index (χ4v) is 4.16. The number of fused-ring (bicyclic) bond motifs is 1. The van der Waals surface area contributed by atoms with Crippen molar-refractivity contribution in [1.82, 2.24) is 4.57 Å². The number of nitrogens with zero attached hydrogens (tertiary/aromatic N) is 1. The van der Waals surface area contributed by atoms with E-state index in [1.54, 1.807) is 6.92 Å². The SMILES string of the molecule is CC.CC(=O)c1ccc2c(C3CCCCC3)c(Br)n(C)c2c1. The lowest BCUT2D eigenvalue weighted by Crippen LogP contribution is -2.04. The van der Waals surface area contributed by atoms with Crippen LogP contribution in [0.25, 0.3) is 10.9 Å². The van der Waals surface area contributed by atoms with Crippen LogP contribution in [-0.4, -0.2) is 10.4 Å². The number of hydrogen-bond donors (Lipinski definition) is 0. The van der Waals surface area contributed by atoms with Crippen molar-refractivity contribution in [2.45, 2.75) is 58.8 Å². The van der Waals surface area contributed by atoms with Gasteiger partial charge in [-0.25, -0.2) is 0 Å². The minimum Gasteiger partial charge on any atom is -0.338 e. The highest BCUT2D eigenvalue weighted by molar-refractivity contribution is 9.10. The normalized spacial score (nSPS) is 15.5. The number of Topliss-reactive ketones (excluding diaryl/α,β-unsaturated/α-hetero) is 1. The van der Waals surface area contributed by atoms with Crippen LogP contribution in [0.3, 0.4) is 0 Å². The van der Waals surface area contributed by atoms with E-state index in [-0.39, 0.29) is 5.78 Å². The lowest BCUT2D eigenvalue weighted by Gasteiger charge is -2.22. The first-order chi connectivity index (χ1) is 10.6. The smallest absolute Gasteiger partial charge is 0.159 e. The standard InChI is InChI=1S/C17H20BrNO.C2H6/c1-11(20)13-8-9-14-15(10-13)19(2)17(18)16(14)12-6-4-3-5-7-12;1-2/h8-10,12H,3-7H2,1-2H3;1-2H3. The molecule has 1 heterocycles. The van der Waals surface area contributed by atoms with Gasteiger partial charge in [0.2, 0.25) is 0 Å². The van der Waals surface area contributed by atoms with Gasteiger partial charge in [-0.1, -0.05) is 45.2 Å². The molecule has 3 rings (SSSR count). The van der Waals surface area contributed by atoms with E-state index in [1.807, 2.05) is 26.0 Å². The molecule has 0 bridgehead atoms. The molecule has 2 aromatic rings. The van der Waals surface area contributed by atoms with Gasteiger partial charge in [0.25, 0.3) is 0 Å². The van der Waals surface area contributed by atoms with E-state index in [0.29, 0.717) is 5.92 Å². The highest BCUT2D eigenvalue weighted by Gasteiger charge is 2.23. The molecule has 0 unspecified atom stereocenters. The average Bonchev–Trinajstić information content (AvgIpc) is 2.81. The lowest BCUT2D eigenvalue weighted by molar-refractivity contribution is 0.101. The van der Waals surface area contributed by atoms with Crippen LogP contribution in [0.5, 0.6) is 0 Å². The second-order valence-electron chi connectivity index (χ2n) is 5.89. The Balaban J connectivity index is 0.000000847. The Labute approximate surface area is 142 Å². The molecular formula is C19H26BrNO. The molecule has 0 amide bonds. The number of carbonyl (C=O) groups excluding carboxylic acids is 1. The van der Waals surface area contributed by atoms with Crippen molar-refractivity contribution in [3.05, 3.63) is 33.9 Å². The fourth-order valence-electron chi connectivity index (χ4n) is 3.43. The van der Waals surface area contributed by atoms with Gasteiger partial charge in [0.05, 0.1) is 4.60 Å². The van der Waals surface area contributed by atoms with Crippen LogP contribution in [0, 0.1) is 0 Å². The Kier molecular flexibility index (Phi) is 5.85. The van der Waals surface area contributed by atoms with Gasteiger partial charge in [-0.2, -0.15) is 0 Å². The number of halogens is 1. The topological polar surface area (TPSA) is 22.0 Å². The number of rotatable bonds is 2. The first-order valence-corrected chi connectivity index (χ1v) is 9.17. The third kappa shape index (κ3) is 3.15. The summed E-state index contributed by atoms with van der Waals surface area (Å²) in [4.78, 5) is 11.6. The predicted octanol–water partition coefficient (Wildman–Crippen LogP) is 6.22. The van der Waals surface area contributed by atoms with Crippen molar-refractivity contribution in [1.29, 1.82) is 0 Å². The molecule has 1 aliphatic carbocycles. The molecule has 22 heavy (non-hydrogen) atoms. The highest BCUT2D eigenvalue weighted by Crippen LogP contribution is 2.41. The number of benzene rings is 1. The molecule has 0 aliphatic heterocycles. The van der Waals surface area contributed by atoms with E-state index in [1.165, 1.54) is 47.7 Å². The van der Waals surface area contributed by atoms with E-state index in [4.69, 9.17) is 0 Å². The summed E-state index contributed by atoms with van der Waals surface area (Å²) in [6, 6.07) is 6.11. The Morgan fingerprint density at radius 2 is 1.82 bits per heavy atom. The molecule has 0 spiro atoms. The predicted molar refractivity (Wildman–Crippen MR) is 97.8 cm³/mol. The number of aryl methyl sites for hydroxylation is 1. The molecule has 1 aliphatic rings. The number of ketones is 1. The van der Waals surface area contributed by atoms with Crippen molar-refractivity contribution < 1.29 is 4.79 Å². The fraction of sp³-hybridized carbons (Fsp3) is 0.526. The van der Waals surface area contributed by atoms with Crippen LogP contribution >= 0.6 is 15.9 Å². The zero-order valence-corrected chi connectivity index (χ0v) is 15.7. The molecule has 0 saturated heterocycles.